The lowest BCUT2D eigenvalue weighted by atomic mass is 10.1. The van der Waals surface area contributed by atoms with Crippen molar-refractivity contribution in [3.8, 4) is 0 Å². The highest BCUT2D eigenvalue weighted by Crippen LogP contribution is 2.15. The normalized spacial score (nSPS) is 12.6. The number of nitrogens with zero attached hydrogens (tertiary/aromatic N) is 2. The van der Waals surface area contributed by atoms with Gasteiger partial charge in [0.15, 0.2) is 0 Å². The number of aromatic nitrogens is 2. The zero-order valence-electron chi connectivity index (χ0n) is 10.5. The maximum atomic E-state index is 12.8. The summed E-state index contributed by atoms with van der Waals surface area (Å²) in [7, 11) is 0. The fraction of sp³-hybridized carbons (Fsp3) is 0.385. The van der Waals surface area contributed by atoms with Crippen molar-refractivity contribution in [2.24, 2.45) is 0 Å². The molecule has 2 aromatic rings. The summed E-state index contributed by atoms with van der Waals surface area (Å²) in [6.07, 6.45) is 3.78. The SMILES string of the molecule is CCC(NCc1ncc(C)o1)c1ccc(F)cn1. The van der Waals surface area contributed by atoms with Crippen molar-refractivity contribution in [1.82, 2.24) is 15.3 Å². The third-order valence-corrected chi connectivity index (χ3v) is 2.68. The average molecular weight is 249 g/mol. The van der Waals surface area contributed by atoms with Gasteiger partial charge in [0.25, 0.3) is 0 Å². The second kappa shape index (κ2) is 5.73. The molecule has 96 valence electrons. The van der Waals surface area contributed by atoms with Crippen molar-refractivity contribution >= 4 is 0 Å². The summed E-state index contributed by atoms with van der Waals surface area (Å²) in [5, 5.41) is 3.29. The van der Waals surface area contributed by atoms with Crippen LogP contribution >= 0.6 is 0 Å². The summed E-state index contributed by atoms with van der Waals surface area (Å²) in [6, 6.07) is 3.18. The van der Waals surface area contributed by atoms with Gasteiger partial charge < -0.3 is 9.73 Å². The van der Waals surface area contributed by atoms with E-state index >= 15 is 0 Å². The van der Waals surface area contributed by atoms with E-state index in [-0.39, 0.29) is 11.9 Å². The Hall–Kier alpha value is -1.75. The number of pyridine rings is 1. The Kier molecular flexibility index (Phi) is 4.04. The van der Waals surface area contributed by atoms with Gasteiger partial charge in [-0.15, -0.1) is 0 Å². The first-order valence-electron chi connectivity index (χ1n) is 5.95. The molecule has 0 saturated carbocycles. The molecule has 0 spiro atoms. The second-order valence-corrected chi connectivity index (χ2v) is 4.11. The number of hydrogen-bond acceptors (Lipinski definition) is 4. The highest BCUT2D eigenvalue weighted by Gasteiger charge is 2.11. The molecule has 0 radical (unpaired) electrons. The third-order valence-electron chi connectivity index (χ3n) is 2.68. The predicted molar refractivity (Wildman–Crippen MR) is 65.3 cm³/mol. The van der Waals surface area contributed by atoms with Gasteiger partial charge in [0.05, 0.1) is 24.6 Å². The average Bonchev–Trinajstić information content (AvgIpc) is 2.78. The smallest absolute Gasteiger partial charge is 0.208 e. The molecule has 0 aliphatic heterocycles. The monoisotopic (exact) mass is 249 g/mol. The van der Waals surface area contributed by atoms with E-state index in [4.69, 9.17) is 4.42 Å². The van der Waals surface area contributed by atoms with E-state index in [1.165, 1.54) is 12.3 Å². The summed E-state index contributed by atoms with van der Waals surface area (Å²) < 4.78 is 18.2. The van der Waals surface area contributed by atoms with Gasteiger partial charge in [-0.2, -0.15) is 0 Å². The molecular weight excluding hydrogens is 233 g/mol. The largest absolute Gasteiger partial charge is 0.445 e. The maximum absolute atomic E-state index is 12.8. The zero-order valence-corrected chi connectivity index (χ0v) is 10.5. The second-order valence-electron chi connectivity index (χ2n) is 4.11. The molecule has 0 saturated heterocycles. The van der Waals surface area contributed by atoms with E-state index in [2.05, 4.69) is 15.3 Å². The summed E-state index contributed by atoms with van der Waals surface area (Å²) in [4.78, 5) is 8.20. The highest BCUT2D eigenvalue weighted by atomic mass is 19.1. The van der Waals surface area contributed by atoms with Gasteiger partial charge in [0, 0.05) is 6.04 Å². The molecule has 1 unspecified atom stereocenters. The summed E-state index contributed by atoms with van der Waals surface area (Å²) in [5.74, 6) is 1.12. The zero-order chi connectivity index (χ0) is 13.0. The summed E-state index contributed by atoms with van der Waals surface area (Å²) >= 11 is 0. The van der Waals surface area contributed by atoms with Gasteiger partial charge in [-0.25, -0.2) is 9.37 Å². The third kappa shape index (κ3) is 3.13. The standard InChI is InChI=1S/C13H16FN3O/c1-3-11(12-5-4-10(14)7-15-12)16-8-13-17-6-9(2)18-13/h4-7,11,16H,3,8H2,1-2H3. The van der Waals surface area contributed by atoms with E-state index in [1.54, 1.807) is 12.3 Å². The fourth-order valence-corrected chi connectivity index (χ4v) is 1.75. The molecule has 0 fully saturated rings. The van der Waals surface area contributed by atoms with Crippen molar-refractivity contribution in [3.63, 3.8) is 0 Å². The van der Waals surface area contributed by atoms with Gasteiger partial charge in [0.1, 0.15) is 11.6 Å². The number of halogens is 1. The number of aryl methyl sites for hydroxylation is 1. The lowest BCUT2D eigenvalue weighted by Gasteiger charge is -2.15. The van der Waals surface area contributed by atoms with E-state index in [9.17, 15) is 4.39 Å². The first kappa shape index (κ1) is 12.7. The van der Waals surface area contributed by atoms with Crippen LogP contribution in [-0.2, 0) is 6.54 Å². The van der Waals surface area contributed by atoms with E-state index < -0.39 is 0 Å². The van der Waals surface area contributed by atoms with Crippen LogP contribution in [0.5, 0.6) is 0 Å². The Balaban J connectivity index is 1.99. The van der Waals surface area contributed by atoms with Gasteiger partial charge in [-0.3, -0.25) is 4.98 Å². The van der Waals surface area contributed by atoms with Crippen LogP contribution in [0.4, 0.5) is 4.39 Å². The van der Waals surface area contributed by atoms with Crippen LogP contribution in [0.2, 0.25) is 0 Å². The Labute approximate surface area is 105 Å². The molecule has 1 atom stereocenters. The molecule has 1 N–H and O–H groups in total. The van der Waals surface area contributed by atoms with Crippen LogP contribution in [0.3, 0.4) is 0 Å². The molecule has 0 amide bonds. The van der Waals surface area contributed by atoms with Gasteiger partial charge in [0.2, 0.25) is 5.89 Å². The molecule has 0 aliphatic rings. The molecule has 2 heterocycles. The minimum atomic E-state index is -0.322. The molecule has 0 bridgehead atoms. The Bertz CT molecular complexity index is 495. The lowest BCUT2D eigenvalue weighted by Crippen LogP contribution is -2.21. The molecule has 5 heteroatoms. The van der Waals surface area contributed by atoms with Crippen molar-refractivity contribution in [2.75, 3.05) is 0 Å². The molecule has 0 aliphatic carbocycles. The summed E-state index contributed by atoms with van der Waals surface area (Å²) in [5.41, 5.74) is 0.821. The topological polar surface area (TPSA) is 51.0 Å². The van der Waals surface area contributed by atoms with Gasteiger partial charge >= 0.3 is 0 Å². The Morgan fingerprint density at radius 2 is 2.17 bits per heavy atom. The molecule has 4 nitrogen and oxygen atoms in total. The maximum Gasteiger partial charge on any atom is 0.208 e. The fourth-order valence-electron chi connectivity index (χ4n) is 1.75. The van der Waals surface area contributed by atoms with Gasteiger partial charge in [-0.05, 0) is 25.5 Å². The number of rotatable bonds is 5. The first-order valence-corrected chi connectivity index (χ1v) is 5.95. The van der Waals surface area contributed by atoms with Gasteiger partial charge in [-0.1, -0.05) is 6.92 Å². The van der Waals surface area contributed by atoms with Crippen molar-refractivity contribution in [3.05, 3.63) is 47.7 Å². The molecule has 2 rings (SSSR count). The molecule has 0 aromatic carbocycles. The van der Waals surface area contributed by atoms with Crippen LogP contribution in [0.15, 0.2) is 28.9 Å². The lowest BCUT2D eigenvalue weighted by molar-refractivity contribution is 0.416. The number of hydrogen-bond donors (Lipinski definition) is 1. The van der Waals surface area contributed by atoms with Crippen molar-refractivity contribution in [2.45, 2.75) is 32.9 Å². The molecule has 18 heavy (non-hydrogen) atoms. The highest BCUT2D eigenvalue weighted by molar-refractivity contribution is 5.09. The first-order chi connectivity index (χ1) is 8.69. The molecular formula is C13H16FN3O. The van der Waals surface area contributed by atoms with Crippen LogP contribution in [0.1, 0.15) is 36.7 Å². The van der Waals surface area contributed by atoms with Crippen LogP contribution in [-0.4, -0.2) is 9.97 Å². The number of nitrogens with one attached hydrogen (secondary N) is 1. The molecule has 2 aromatic heterocycles. The number of oxazole rings is 1. The van der Waals surface area contributed by atoms with E-state index in [0.29, 0.717) is 12.4 Å². The minimum absolute atomic E-state index is 0.0674. The van der Waals surface area contributed by atoms with Crippen LogP contribution < -0.4 is 5.32 Å². The minimum Gasteiger partial charge on any atom is -0.445 e. The van der Waals surface area contributed by atoms with E-state index in [0.717, 1.165) is 17.9 Å². The summed E-state index contributed by atoms with van der Waals surface area (Å²) in [6.45, 7) is 4.43. The van der Waals surface area contributed by atoms with E-state index in [1.807, 2.05) is 13.8 Å². The van der Waals surface area contributed by atoms with Crippen molar-refractivity contribution < 1.29 is 8.81 Å². The Morgan fingerprint density at radius 1 is 1.33 bits per heavy atom. The predicted octanol–water partition coefficient (Wildman–Crippen LogP) is 2.76. The Morgan fingerprint density at radius 3 is 2.72 bits per heavy atom. The van der Waals surface area contributed by atoms with Crippen LogP contribution in [0, 0.1) is 12.7 Å². The van der Waals surface area contributed by atoms with Crippen molar-refractivity contribution in [1.29, 1.82) is 0 Å². The quantitative estimate of drug-likeness (QED) is 0.885. The van der Waals surface area contributed by atoms with Crippen LogP contribution in [0.25, 0.3) is 0 Å².